The molecule has 0 spiro atoms. The Bertz CT molecular complexity index is 681. The van der Waals surface area contributed by atoms with Crippen molar-refractivity contribution in [2.75, 3.05) is 19.8 Å². The minimum Gasteiger partial charge on any atom is -0.462 e. The summed E-state index contributed by atoms with van der Waals surface area (Å²) < 4.78 is 10.9. The van der Waals surface area contributed by atoms with Gasteiger partial charge in [-0.3, -0.25) is 0 Å². The van der Waals surface area contributed by atoms with E-state index in [-0.39, 0.29) is 19.8 Å². The molecule has 5 nitrogen and oxygen atoms in total. The second kappa shape index (κ2) is 35.7. The summed E-state index contributed by atoms with van der Waals surface area (Å²) in [5.74, 6) is -0.815. The fraction of sp³-hybridized carbons (Fsp3) is 0.857. The normalized spacial score (nSPS) is 13.0. The van der Waals surface area contributed by atoms with Gasteiger partial charge in [0.2, 0.25) is 0 Å². The van der Waals surface area contributed by atoms with E-state index in [0.717, 1.165) is 25.7 Å². The third-order valence-corrected chi connectivity index (χ3v) is 9.58. The average molecular weight is 663 g/mol. The number of unbranched alkanes of at least 4 members (excludes halogenated alkanes) is 26. The number of aliphatic hydroxyl groups is 1. The average Bonchev–Trinajstić information content (AvgIpc) is 3.08. The topological polar surface area (TPSA) is 72.8 Å². The summed E-state index contributed by atoms with van der Waals surface area (Å²) in [6, 6.07) is 0. The van der Waals surface area contributed by atoms with Crippen LogP contribution in [0.4, 0.5) is 0 Å². The first-order valence-corrected chi connectivity index (χ1v) is 20.3. The molecule has 0 saturated carbocycles. The highest BCUT2D eigenvalue weighted by Gasteiger charge is 2.31. The van der Waals surface area contributed by atoms with Crippen molar-refractivity contribution in [3.05, 3.63) is 24.3 Å². The zero-order valence-electron chi connectivity index (χ0n) is 31.5. The van der Waals surface area contributed by atoms with E-state index < -0.39 is 17.4 Å². The highest BCUT2D eigenvalue weighted by atomic mass is 16.5. The predicted molar refractivity (Wildman–Crippen MR) is 201 cm³/mol. The number of carbonyl (C=O) groups excluding carboxylic acids is 2. The number of hydrogen-bond acceptors (Lipinski definition) is 5. The van der Waals surface area contributed by atoms with Crippen molar-refractivity contribution in [2.24, 2.45) is 5.41 Å². The number of hydrogen-bond donors (Lipinski definition) is 1. The zero-order valence-corrected chi connectivity index (χ0v) is 31.5. The number of carbonyl (C=O) groups is 2. The van der Waals surface area contributed by atoms with E-state index in [1.54, 1.807) is 0 Å². The van der Waals surface area contributed by atoms with Crippen LogP contribution < -0.4 is 0 Å². The van der Waals surface area contributed by atoms with E-state index in [2.05, 4.69) is 13.8 Å². The monoisotopic (exact) mass is 663 g/mol. The van der Waals surface area contributed by atoms with Gasteiger partial charge < -0.3 is 14.6 Å². The van der Waals surface area contributed by atoms with E-state index in [4.69, 9.17) is 9.47 Å². The van der Waals surface area contributed by atoms with Gasteiger partial charge in [0, 0.05) is 12.2 Å². The Morgan fingerprint density at radius 1 is 0.468 bits per heavy atom. The highest BCUT2D eigenvalue weighted by molar-refractivity contribution is 5.82. The summed E-state index contributed by atoms with van der Waals surface area (Å²) in [7, 11) is 0. The van der Waals surface area contributed by atoms with Crippen molar-refractivity contribution in [1.82, 2.24) is 0 Å². The molecule has 0 atom stereocenters. The van der Waals surface area contributed by atoms with Crippen molar-refractivity contribution < 1.29 is 24.2 Å². The summed E-state index contributed by atoms with van der Waals surface area (Å²) in [5.41, 5.74) is -0.781. The molecule has 0 unspecified atom stereocenters. The molecule has 47 heavy (non-hydrogen) atoms. The molecule has 0 aromatic rings. The Hall–Kier alpha value is -1.62. The standard InChI is InChI=1S/C42H78O5/c1-4-7-9-11-13-15-17-19-21-23-25-27-29-31-33-35-40(44)46-38-42(6-3,37-43)39-47-41(45)36-34-32-30-28-26-24-22-20-18-16-14-12-10-8-5-2/h33-36,43H,4-32,37-39H2,1-3H3. The number of aliphatic hydroxyl groups excluding tert-OH is 1. The molecule has 0 aliphatic heterocycles. The van der Waals surface area contributed by atoms with Crippen molar-refractivity contribution in [2.45, 2.75) is 207 Å². The SMILES string of the molecule is CCCCCCCCCCCCCCCC=CC(=O)OCC(CC)(CO)COC(=O)C=CCCCCCCCCCCCCCCC. The van der Waals surface area contributed by atoms with Crippen LogP contribution in [0.3, 0.4) is 0 Å². The molecule has 276 valence electrons. The van der Waals surface area contributed by atoms with E-state index in [1.807, 2.05) is 19.1 Å². The van der Waals surface area contributed by atoms with Crippen LogP contribution in [-0.4, -0.2) is 36.9 Å². The van der Waals surface area contributed by atoms with Crippen LogP contribution in [0.15, 0.2) is 24.3 Å². The van der Waals surface area contributed by atoms with E-state index >= 15 is 0 Å². The van der Waals surface area contributed by atoms with Crippen LogP contribution in [0.1, 0.15) is 207 Å². The number of allylic oxidation sites excluding steroid dienone is 2. The predicted octanol–water partition coefficient (Wildman–Crippen LogP) is 12.5. The van der Waals surface area contributed by atoms with Crippen LogP contribution in [0.25, 0.3) is 0 Å². The van der Waals surface area contributed by atoms with Gasteiger partial charge in [0.25, 0.3) is 0 Å². The van der Waals surface area contributed by atoms with Crippen LogP contribution in [-0.2, 0) is 19.1 Å². The molecule has 0 rings (SSSR count). The van der Waals surface area contributed by atoms with E-state index in [9.17, 15) is 14.7 Å². The quantitative estimate of drug-likeness (QED) is 0.0410. The molecule has 0 bridgehead atoms. The maximum Gasteiger partial charge on any atom is 0.330 e. The van der Waals surface area contributed by atoms with Crippen LogP contribution in [0.2, 0.25) is 0 Å². The smallest absolute Gasteiger partial charge is 0.330 e. The summed E-state index contributed by atoms with van der Waals surface area (Å²) in [4.78, 5) is 24.5. The van der Waals surface area contributed by atoms with Gasteiger partial charge in [0.15, 0.2) is 0 Å². The molecule has 0 radical (unpaired) electrons. The number of rotatable bonds is 36. The third-order valence-electron chi connectivity index (χ3n) is 9.58. The third kappa shape index (κ3) is 31.4. The lowest BCUT2D eigenvalue weighted by atomic mass is 9.88. The molecule has 0 heterocycles. The molecule has 0 amide bonds. The van der Waals surface area contributed by atoms with Crippen molar-refractivity contribution in [3.63, 3.8) is 0 Å². The first-order valence-electron chi connectivity index (χ1n) is 20.3. The molecule has 0 fully saturated rings. The molecule has 1 N–H and O–H groups in total. The van der Waals surface area contributed by atoms with Gasteiger partial charge in [-0.1, -0.05) is 187 Å². The highest BCUT2D eigenvalue weighted by Crippen LogP contribution is 2.23. The molecule has 0 aromatic heterocycles. The van der Waals surface area contributed by atoms with Crippen molar-refractivity contribution in [1.29, 1.82) is 0 Å². The molecule has 0 aliphatic rings. The maximum absolute atomic E-state index is 12.3. The molecule has 0 saturated heterocycles. The van der Waals surface area contributed by atoms with Crippen LogP contribution in [0, 0.1) is 5.41 Å². The Morgan fingerprint density at radius 2 is 0.745 bits per heavy atom. The first kappa shape index (κ1) is 45.4. The zero-order chi connectivity index (χ0) is 34.5. The van der Waals surface area contributed by atoms with Gasteiger partial charge in [-0.25, -0.2) is 9.59 Å². The van der Waals surface area contributed by atoms with Crippen molar-refractivity contribution in [3.8, 4) is 0 Å². The van der Waals surface area contributed by atoms with Gasteiger partial charge in [-0.15, -0.1) is 0 Å². The van der Waals surface area contributed by atoms with Gasteiger partial charge in [0.1, 0.15) is 13.2 Å². The summed E-state index contributed by atoms with van der Waals surface area (Å²) in [6.07, 6.45) is 43.5. The van der Waals surface area contributed by atoms with Gasteiger partial charge in [-0.05, 0) is 32.1 Å². The molecule has 0 aromatic carbocycles. The lowest BCUT2D eigenvalue weighted by molar-refractivity contribution is -0.150. The minimum atomic E-state index is -0.781. The van der Waals surface area contributed by atoms with E-state index in [1.165, 1.54) is 166 Å². The number of ether oxygens (including phenoxy) is 2. The van der Waals surface area contributed by atoms with Gasteiger partial charge in [-0.2, -0.15) is 0 Å². The molecular formula is C42H78O5. The fourth-order valence-corrected chi connectivity index (χ4v) is 5.91. The second-order valence-electron chi connectivity index (χ2n) is 14.1. The molecule has 5 heteroatoms. The first-order chi connectivity index (χ1) is 23.0. The Morgan fingerprint density at radius 3 is 1.00 bits per heavy atom. The fourth-order valence-electron chi connectivity index (χ4n) is 5.91. The maximum atomic E-state index is 12.3. The summed E-state index contributed by atoms with van der Waals surface area (Å²) in [5, 5.41) is 10.0. The van der Waals surface area contributed by atoms with Crippen molar-refractivity contribution >= 4 is 11.9 Å². The Kier molecular flexibility index (Phi) is 34.5. The lowest BCUT2D eigenvalue weighted by Crippen LogP contribution is -2.37. The second-order valence-corrected chi connectivity index (χ2v) is 14.1. The molecule has 0 aliphatic carbocycles. The van der Waals surface area contributed by atoms with Crippen LogP contribution in [0.5, 0.6) is 0 Å². The minimum absolute atomic E-state index is 0.0257. The lowest BCUT2D eigenvalue weighted by Gasteiger charge is -2.29. The summed E-state index contributed by atoms with van der Waals surface area (Å²) in [6.45, 7) is 6.28. The Balaban J connectivity index is 3.87. The Labute approximate surface area is 292 Å². The molecular weight excluding hydrogens is 584 g/mol. The number of esters is 2. The summed E-state index contributed by atoms with van der Waals surface area (Å²) >= 11 is 0. The largest absolute Gasteiger partial charge is 0.462 e. The van der Waals surface area contributed by atoms with Gasteiger partial charge >= 0.3 is 11.9 Å². The van der Waals surface area contributed by atoms with Gasteiger partial charge in [0.05, 0.1) is 12.0 Å². The van der Waals surface area contributed by atoms with E-state index in [0.29, 0.717) is 6.42 Å². The van der Waals surface area contributed by atoms with Crippen LogP contribution >= 0.6 is 0 Å².